The maximum absolute atomic E-state index is 12.5. The number of nitrogen functional groups attached to an aromatic ring is 1. The van der Waals surface area contributed by atoms with Crippen LogP contribution in [0.4, 0.5) is 19.0 Å². The van der Waals surface area contributed by atoms with E-state index in [4.69, 9.17) is 5.73 Å². The molecule has 0 saturated carbocycles. The molecule has 2 aromatic rings. The molecular weight excluding hydrogens is 231 g/mol. The highest BCUT2D eigenvalue weighted by molar-refractivity contribution is 5.56. The van der Waals surface area contributed by atoms with E-state index in [1.165, 1.54) is 12.1 Å². The molecule has 17 heavy (non-hydrogen) atoms. The summed E-state index contributed by atoms with van der Waals surface area (Å²) in [4.78, 5) is 7.43. The van der Waals surface area contributed by atoms with Gasteiger partial charge in [0.1, 0.15) is 11.5 Å². The first-order valence-corrected chi connectivity index (χ1v) is 4.74. The van der Waals surface area contributed by atoms with E-state index in [1.54, 1.807) is 18.2 Å². The first-order valence-electron chi connectivity index (χ1n) is 4.74. The summed E-state index contributed by atoms with van der Waals surface area (Å²) in [5.41, 5.74) is 4.97. The van der Waals surface area contributed by atoms with Gasteiger partial charge in [0.2, 0.25) is 0 Å². The van der Waals surface area contributed by atoms with Gasteiger partial charge in [0, 0.05) is 0 Å². The summed E-state index contributed by atoms with van der Waals surface area (Å²) in [7, 11) is 0. The number of nitrogens with two attached hydrogens (primary N) is 1. The number of rotatable bonds is 1. The molecule has 0 unspecified atom stereocenters. The Morgan fingerprint density at radius 1 is 0.882 bits per heavy atom. The lowest BCUT2D eigenvalue weighted by atomic mass is 10.2. The molecule has 0 aliphatic heterocycles. The molecule has 88 valence electrons. The van der Waals surface area contributed by atoms with Crippen LogP contribution < -0.4 is 5.73 Å². The van der Waals surface area contributed by atoms with Crippen molar-refractivity contribution in [3.05, 3.63) is 42.1 Å². The molecule has 0 aliphatic rings. The number of alkyl halides is 3. The molecule has 0 aromatic carbocycles. The van der Waals surface area contributed by atoms with Crippen molar-refractivity contribution in [2.24, 2.45) is 0 Å². The number of aromatic nitrogens is 2. The fourth-order valence-electron chi connectivity index (χ4n) is 1.33. The molecule has 2 rings (SSSR count). The summed E-state index contributed by atoms with van der Waals surface area (Å²) in [5, 5.41) is 0. The molecule has 0 bridgehead atoms. The van der Waals surface area contributed by atoms with E-state index < -0.39 is 11.9 Å². The second-order valence-electron chi connectivity index (χ2n) is 3.35. The van der Waals surface area contributed by atoms with E-state index in [1.807, 2.05) is 0 Å². The van der Waals surface area contributed by atoms with Crippen molar-refractivity contribution in [3.8, 4) is 11.4 Å². The predicted octanol–water partition coefficient (Wildman–Crippen LogP) is 2.74. The minimum Gasteiger partial charge on any atom is -0.384 e. The van der Waals surface area contributed by atoms with E-state index >= 15 is 0 Å². The number of pyridine rings is 2. The van der Waals surface area contributed by atoms with Crippen LogP contribution >= 0.6 is 0 Å². The van der Waals surface area contributed by atoms with Gasteiger partial charge in [-0.3, -0.25) is 0 Å². The molecule has 3 nitrogen and oxygen atoms in total. The van der Waals surface area contributed by atoms with Gasteiger partial charge >= 0.3 is 6.18 Å². The Kier molecular flexibility index (Phi) is 2.71. The molecule has 0 radical (unpaired) electrons. The molecule has 6 heteroatoms. The van der Waals surface area contributed by atoms with Crippen molar-refractivity contribution >= 4 is 5.82 Å². The van der Waals surface area contributed by atoms with Crippen LogP contribution in [0.15, 0.2) is 36.4 Å². The fraction of sp³-hybridized carbons (Fsp3) is 0.0909. The molecule has 0 fully saturated rings. The average Bonchev–Trinajstić information content (AvgIpc) is 2.28. The second-order valence-corrected chi connectivity index (χ2v) is 3.35. The summed E-state index contributed by atoms with van der Waals surface area (Å²) in [6, 6.07) is 8.37. The van der Waals surface area contributed by atoms with Crippen LogP contribution in [-0.4, -0.2) is 9.97 Å². The first kappa shape index (κ1) is 11.4. The van der Waals surface area contributed by atoms with Gasteiger partial charge in [0.05, 0.1) is 11.4 Å². The van der Waals surface area contributed by atoms with Gasteiger partial charge in [-0.05, 0) is 24.3 Å². The van der Waals surface area contributed by atoms with Gasteiger partial charge in [0.25, 0.3) is 0 Å². The Balaban J connectivity index is 2.47. The first-order chi connectivity index (χ1) is 7.97. The Labute approximate surface area is 95.1 Å². The van der Waals surface area contributed by atoms with E-state index in [2.05, 4.69) is 9.97 Å². The van der Waals surface area contributed by atoms with Crippen LogP contribution in [0.3, 0.4) is 0 Å². The van der Waals surface area contributed by atoms with Gasteiger partial charge in [0.15, 0.2) is 0 Å². The van der Waals surface area contributed by atoms with E-state index in [9.17, 15) is 13.2 Å². The van der Waals surface area contributed by atoms with Crippen LogP contribution in [0.25, 0.3) is 11.4 Å². The maximum Gasteiger partial charge on any atom is 0.433 e. The highest BCUT2D eigenvalue weighted by atomic mass is 19.4. The number of hydrogen-bond acceptors (Lipinski definition) is 3. The zero-order valence-corrected chi connectivity index (χ0v) is 8.57. The summed E-state index contributed by atoms with van der Waals surface area (Å²) >= 11 is 0. The summed E-state index contributed by atoms with van der Waals surface area (Å²) in [6.45, 7) is 0. The predicted molar refractivity (Wildman–Crippen MR) is 56.9 cm³/mol. The van der Waals surface area contributed by atoms with E-state index in [-0.39, 0.29) is 11.5 Å². The molecule has 0 amide bonds. The molecule has 0 saturated heterocycles. The second kappa shape index (κ2) is 4.04. The quantitative estimate of drug-likeness (QED) is 0.832. The SMILES string of the molecule is Nc1cccc(-c2cccc(C(F)(F)F)n2)n1. The zero-order valence-electron chi connectivity index (χ0n) is 8.57. The highest BCUT2D eigenvalue weighted by Gasteiger charge is 2.32. The largest absolute Gasteiger partial charge is 0.433 e. The van der Waals surface area contributed by atoms with E-state index in [0.717, 1.165) is 6.07 Å². The van der Waals surface area contributed by atoms with Gasteiger partial charge in [-0.15, -0.1) is 0 Å². The lowest BCUT2D eigenvalue weighted by Crippen LogP contribution is -2.08. The summed E-state index contributed by atoms with van der Waals surface area (Å²) < 4.78 is 37.4. The molecule has 0 atom stereocenters. The molecule has 0 spiro atoms. The molecular formula is C11H8F3N3. The Hall–Kier alpha value is -2.11. The zero-order chi connectivity index (χ0) is 12.5. The van der Waals surface area contributed by atoms with Gasteiger partial charge in [-0.1, -0.05) is 12.1 Å². The van der Waals surface area contributed by atoms with Crippen LogP contribution in [0.2, 0.25) is 0 Å². The summed E-state index contributed by atoms with van der Waals surface area (Å²) in [6.07, 6.45) is -4.46. The Bertz CT molecular complexity index is 537. The van der Waals surface area contributed by atoms with Crippen molar-refractivity contribution in [2.75, 3.05) is 5.73 Å². The molecule has 2 heterocycles. The third-order valence-electron chi connectivity index (χ3n) is 2.07. The smallest absolute Gasteiger partial charge is 0.384 e. The van der Waals surface area contributed by atoms with Crippen molar-refractivity contribution < 1.29 is 13.2 Å². The van der Waals surface area contributed by atoms with Crippen molar-refractivity contribution in [1.82, 2.24) is 9.97 Å². The number of halogens is 3. The average molecular weight is 239 g/mol. The lowest BCUT2D eigenvalue weighted by Gasteiger charge is -2.07. The number of hydrogen-bond donors (Lipinski definition) is 1. The van der Waals surface area contributed by atoms with Crippen molar-refractivity contribution in [2.45, 2.75) is 6.18 Å². The fourth-order valence-corrected chi connectivity index (χ4v) is 1.33. The lowest BCUT2D eigenvalue weighted by molar-refractivity contribution is -0.141. The highest BCUT2D eigenvalue weighted by Crippen LogP contribution is 2.29. The van der Waals surface area contributed by atoms with Gasteiger partial charge < -0.3 is 5.73 Å². The van der Waals surface area contributed by atoms with Crippen molar-refractivity contribution in [3.63, 3.8) is 0 Å². The standard InChI is InChI=1S/C11H8F3N3/c12-11(13,14)9-5-1-3-7(16-9)8-4-2-6-10(15)17-8/h1-6H,(H2,15,17). The van der Waals surface area contributed by atoms with Crippen LogP contribution in [0.5, 0.6) is 0 Å². The summed E-state index contributed by atoms with van der Waals surface area (Å²) in [5.74, 6) is 0.238. The third-order valence-corrected chi connectivity index (χ3v) is 2.07. The van der Waals surface area contributed by atoms with Crippen molar-refractivity contribution in [1.29, 1.82) is 0 Å². The number of nitrogens with zero attached hydrogens (tertiary/aromatic N) is 2. The normalized spacial score (nSPS) is 11.5. The molecule has 2 aromatic heterocycles. The minimum atomic E-state index is -4.46. The van der Waals surface area contributed by atoms with Crippen LogP contribution in [0.1, 0.15) is 5.69 Å². The van der Waals surface area contributed by atoms with Gasteiger partial charge in [-0.25, -0.2) is 9.97 Å². The van der Waals surface area contributed by atoms with E-state index in [0.29, 0.717) is 5.69 Å². The monoisotopic (exact) mass is 239 g/mol. The minimum absolute atomic E-state index is 0.145. The molecule has 2 N–H and O–H groups in total. The molecule has 0 aliphatic carbocycles. The van der Waals surface area contributed by atoms with Gasteiger partial charge in [-0.2, -0.15) is 13.2 Å². The maximum atomic E-state index is 12.5. The number of anilines is 1. The van der Waals surface area contributed by atoms with Crippen LogP contribution in [0, 0.1) is 0 Å². The Morgan fingerprint density at radius 2 is 1.47 bits per heavy atom. The van der Waals surface area contributed by atoms with Crippen LogP contribution in [-0.2, 0) is 6.18 Å². The topological polar surface area (TPSA) is 51.8 Å². The third kappa shape index (κ3) is 2.52. The Morgan fingerprint density at radius 3 is 2.06 bits per heavy atom.